The Morgan fingerprint density at radius 3 is 3.00 bits per heavy atom. The predicted octanol–water partition coefficient (Wildman–Crippen LogP) is 1.14. The van der Waals surface area contributed by atoms with Crippen molar-refractivity contribution in [3.63, 3.8) is 0 Å². The van der Waals surface area contributed by atoms with E-state index in [2.05, 4.69) is 11.9 Å². The van der Waals surface area contributed by atoms with Crippen LogP contribution in [0.4, 0.5) is 0 Å². The molecule has 1 fully saturated rings. The van der Waals surface area contributed by atoms with Gasteiger partial charge in [-0.1, -0.05) is 6.58 Å². The van der Waals surface area contributed by atoms with E-state index in [9.17, 15) is 4.79 Å². The van der Waals surface area contributed by atoms with Gasteiger partial charge in [-0.3, -0.25) is 4.79 Å². The van der Waals surface area contributed by atoms with E-state index in [4.69, 9.17) is 0 Å². The highest BCUT2D eigenvalue weighted by Crippen LogP contribution is 2.28. The minimum atomic E-state index is 0.0358. The first-order valence-corrected chi connectivity index (χ1v) is 4.27. The molecule has 0 aromatic carbocycles. The standard InChI is InChI=1S/C7H11NOS/c1-5-7(3-4-10-5)8-6(2)9/h7H,1,3-4H2,2H3,(H,8,9). The molecule has 1 heterocycles. The second-order valence-electron chi connectivity index (χ2n) is 2.36. The van der Waals surface area contributed by atoms with Crippen LogP contribution >= 0.6 is 11.8 Å². The normalized spacial score (nSPS) is 24.9. The van der Waals surface area contributed by atoms with Crippen LogP contribution < -0.4 is 5.32 Å². The van der Waals surface area contributed by atoms with Crippen molar-refractivity contribution in [1.82, 2.24) is 5.32 Å². The van der Waals surface area contributed by atoms with Crippen LogP contribution in [0.3, 0.4) is 0 Å². The molecular weight excluding hydrogens is 146 g/mol. The minimum Gasteiger partial charge on any atom is -0.349 e. The highest BCUT2D eigenvalue weighted by Gasteiger charge is 2.19. The number of nitrogens with one attached hydrogen (secondary N) is 1. The maximum absolute atomic E-state index is 10.6. The van der Waals surface area contributed by atoms with Crippen LogP contribution in [-0.4, -0.2) is 17.7 Å². The summed E-state index contributed by atoms with van der Waals surface area (Å²) in [7, 11) is 0. The molecule has 0 aliphatic carbocycles. The molecule has 3 heteroatoms. The monoisotopic (exact) mass is 157 g/mol. The first-order valence-electron chi connectivity index (χ1n) is 3.29. The zero-order valence-electron chi connectivity index (χ0n) is 6.02. The molecule has 0 aromatic rings. The van der Waals surface area contributed by atoms with E-state index in [-0.39, 0.29) is 11.9 Å². The van der Waals surface area contributed by atoms with Gasteiger partial charge in [-0.15, -0.1) is 11.8 Å². The number of thioether (sulfide) groups is 1. The van der Waals surface area contributed by atoms with Crippen molar-refractivity contribution in [3.8, 4) is 0 Å². The van der Waals surface area contributed by atoms with Crippen molar-refractivity contribution in [2.45, 2.75) is 19.4 Å². The summed E-state index contributed by atoms with van der Waals surface area (Å²) < 4.78 is 0. The lowest BCUT2D eigenvalue weighted by Crippen LogP contribution is -2.31. The Labute approximate surface area is 65.1 Å². The van der Waals surface area contributed by atoms with Crippen LogP contribution in [0.25, 0.3) is 0 Å². The highest BCUT2D eigenvalue weighted by molar-refractivity contribution is 8.03. The average Bonchev–Trinajstić information content (AvgIpc) is 2.15. The molecule has 1 rings (SSSR count). The SMILES string of the molecule is C=C1SCCC1NC(C)=O. The van der Waals surface area contributed by atoms with Crippen molar-refractivity contribution >= 4 is 17.7 Å². The lowest BCUT2D eigenvalue weighted by molar-refractivity contribution is -0.119. The molecule has 0 saturated carbocycles. The van der Waals surface area contributed by atoms with Crippen LogP contribution in [0.5, 0.6) is 0 Å². The molecule has 1 amide bonds. The molecular formula is C7H11NOS. The van der Waals surface area contributed by atoms with Gasteiger partial charge in [-0.2, -0.15) is 0 Å². The maximum Gasteiger partial charge on any atom is 0.217 e. The van der Waals surface area contributed by atoms with Crippen LogP contribution in [0.15, 0.2) is 11.5 Å². The smallest absolute Gasteiger partial charge is 0.217 e. The topological polar surface area (TPSA) is 29.1 Å². The summed E-state index contributed by atoms with van der Waals surface area (Å²) in [4.78, 5) is 11.7. The Bertz CT molecular complexity index is 167. The molecule has 0 spiro atoms. The van der Waals surface area contributed by atoms with E-state index in [1.165, 1.54) is 6.92 Å². The maximum atomic E-state index is 10.6. The van der Waals surface area contributed by atoms with Crippen molar-refractivity contribution in [3.05, 3.63) is 11.5 Å². The van der Waals surface area contributed by atoms with Gasteiger partial charge in [0.2, 0.25) is 5.91 Å². The molecule has 1 unspecified atom stereocenters. The summed E-state index contributed by atoms with van der Waals surface area (Å²) in [6.45, 7) is 5.37. The molecule has 10 heavy (non-hydrogen) atoms. The zero-order chi connectivity index (χ0) is 7.56. The van der Waals surface area contributed by atoms with Gasteiger partial charge >= 0.3 is 0 Å². The van der Waals surface area contributed by atoms with Gasteiger partial charge in [0.15, 0.2) is 0 Å². The first kappa shape index (κ1) is 7.66. The van der Waals surface area contributed by atoms with Crippen molar-refractivity contribution < 1.29 is 4.79 Å². The van der Waals surface area contributed by atoms with E-state index in [1.807, 2.05) is 0 Å². The second-order valence-corrected chi connectivity index (χ2v) is 3.58. The fourth-order valence-electron chi connectivity index (χ4n) is 0.967. The molecule has 1 saturated heterocycles. The molecule has 2 nitrogen and oxygen atoms in total. The molecule has 1 aliphatic rings. The zero-order valence-corrected chi connectivity index (χ0v) is 6.83. The molecule has 56 valence electrons. The van der Waals surface area contributed by atoms with Gasteiger partial charge in [-0.05, 0) is 6.42 Å². The van der Waals surface area contributed by atoms with Gasteiger partial charge in [0.1, 0.15) is 0 Å². The third-order valence-corrected chi connectivity index (χ3v) is 2.56. The van der Waals surface area contributed by atoms with Crippen molar-refractivity contribution in [2.24, 2.45) is 0 Å². The Morgan fingerprint density at radius 1 is 1.90 bits per heavy atom. The van der Waals surface area contributed by atoms with Crippen LogP contribution in [0.1, 0.15) is 13.3 Å². The Balaban J connectivity index is 2.40. The molecule has 1 N–H and O–H groups in total. The number of hydrogen-bond donors (Lipinski definition) is 1. The minimum absolute atomic E-state index is 0.0358. The van der Waals surface area contributed by atoms with Gasteiger partial charge in [0.05, 0.1) is 6.04 Å². The third-order valence-electron chi connectivity index (χ3n) is 1.46. The first-order chi connectivity index (χ1) is 4.70. The van der Waals surface area contributed by atoms with Gasteiger partial charge in [0, 0.05) is 17.6 Å². The summed E-state index contributed by atoms with van der Waals surface area (Å²) >= 11 is 1.74. The number of carbonyl (C=O) groups is 1. The Kier molecular flexibility index (Phi) is 2.38. The van der Waals surface area contributed by atoms with E-state index >= 15 is 0 Å². The number of rotatable bonds is 1. The lowest BCUT2D eigenvalue weighted by Gasteiger charge is -2.09. The van der Waals surface area contributed by atoms with Crippen LogP contribution in [-0.2, 0) is 4.79 Å². The van der Waals surface area contributed by atoms with Gasteiger partial charge < -0.3 is 5.32 Å². The van der Waals surface area contributed by atoms with Crippen LogP contribution in [0, 0.1) is 0 Å². The lowest BCUT2D eigenvalue weighted by atomic mass is 10.2. The van der Waals surface area contributed by atoms with Gasteiger partial charge in [0.25, 0.3) is 0 Å². The molecule has 1 aliphatic heterocycles. The Morgan fingerprint density at radius 2 is 2.60 bits per heavy atom. The quantitative estimate of drug-likeness (QED) is 0.618. The fourth-order valence-corrected chi connectivity index (χ4v) is 1.96. The highest BCUT2D eigenvalue weighted by atomic mass is 32.2. The van der Waals surface area contributed by atoms with Gasteiger partial charge in [-0.25, -0.2) is 0 Å². The average molecular weight is 157 g/mol. The Hall–Kier alpha value is -0.440. The predicted molar refractivity (Wildman–Crippen MR) is 43.8 cm³/mol. The summed E-state index contributed by atoms with van der Waals surface area (Å²) in [5.41, 5.74) is 0. The molecule has 0 bridgehead atoms. The number of amides is 1. The fraction of sp³-hybridized carbons (Fsp3) is 0.571. The van der Waals surface area contributed by atoms with Crippen LogP contribution in [0.2, 0.25) is 0 Å². The summed E-state index contributed by atoms with van der Waals surface area (Å²) in [5.74, 6) is 1.12. The van der Waals surface area contributed by atoms with Crippen molar-refractivity contribution in [1.29, 1.82) is 0 Å². The number of hydrogen-bond acceptors (Lipinski definition) is 2. The molecule has 0 radical (unpaired) electrons. The molecule has 1 atom stereocenters. The largest absolute Gasteiger partial charge is 0.349 e. The third kappa shape index (κ3) is 1.77. The summed E-state index contributed by atoms with van der Waals surface area (Å²) in [6.07, 6.45) is 1.03. The summed E-state index contributed by atoms with van der Waals surface area (Å²) in [5, 5.41) is 2.83. The van der Waals surface area contributed by atoms with E-state index < -0.39 is 0 Å². The number of carbonyl (C=O) groups excluding carboxylic acids is 1. The van der Waals surface area contributed by atoms with E-state index in [1.54, 1.807) is 11.8 Å². The second kappa shape index (κ2) is 3.10. The van der Waals surface area contributed by atoms with E-state index in [0.717, 1.165) is 17.1 Å². The van der Waals surface area contributed by atoms with Crippen molar-refractivity contribution in [2.75, 3.05) is 5.75 Å². The van der Waals surface area contributed by atoms with E-state index in [0.29, 0.717) is 0 Å². The summed E-state index contributed by atoms with van der Waals surface area (Å²) in [6, 6.07) is 0.225. The molecule has 0 aromatic heterocycles.